The first-order valence-corrected chi connectivity index (χ1v) is 8.52. The number of benzene rings is 2. The van der Waals surface area contributed by atoms with Crippen LogP contribution in [0.5, 0.6) is 0 Å². The number of hydrogen-bond acceptors (Lipinski definition) is 2. The zero-order valence-electron chi connectivity index (χ0n) is 14.4. The smallest absolute Gasteiger partial charge is 0.305 e. The van der Waals surface area contributed by atoms with E-state index in [9.17, 15) is 9.59 Å². The molecule has 0 heterocycles. The zero-order chi connectivity index (χ0) is 18.4. The number of carbonyl (C=O) groups excluding carboxylic acids is 1. The van der Waals surface area contributed by atoms with E-state index in [-0.39, 0.29) is 18.7 Å². The molecule has 0 aliphatic rings. The SMILES string of the molecule is Cc1cc(C)cc(CC(=O)N[C@H](CC(=O)O)Cc2ccc(Cl)cc2)c1. The third-order valence-corrected chi connectivity index (χ3v) is 4.08. The zero-order valence-corrected chi connectivity index (χ0v) is 15.1. The summed E-state index contributed by atoms with van der Waals surface area (Å²) in [6.45, 7) is 3.98. The van der Waals surface area contributed by atoms with E-state index >= 15 is 0 Å². The number of hydrogen-bond donors (Lipinski definition) is 2. The Hall–Kier alpha value is -2.33. The Morgan fingerprint density at radius 3 is 2.20 bits per heavy atom. The number of aryl methyl sites for hydroxylation is 2. The summed E-state index contributed by atoms with van der Waals surface area (Å²) in [7, 11) is 0. The van der Waals surface area contributed by atoms with Crippen LogP contribution in [0.1, 0.15) is 28.7 Å². The number of nitrogens with one attached hydrogen (secondary N) is 1. The molecular formula is C20H22ClNO3. The third kappa shape index (κ3) is 6.59. The van der Waals surface area contributed by atoms with Crippen molar-refractivity contribution in [2.24, 2.45) is 0 Å². The number of aliphatic carboxylic acids is 1. The van der Waals surface area contributed by atoms with Crippen LogP contribution in [0.25, 0.3) is 0 Å². The van der Waals surface area contributed by atoms with E-state index in [0.29, 0.717) is 11.4 Å². The van der Waals surface area contributed by atoms with Gasteiger partial charge in [0.15, 0.2) is 0 Å². The van der Waals surface area contributed by atoms with Gasteiger partial charge in [0, 0.05) is 11.1 Å². The molecule has 0 aliphatic carbocycles. The van der Waals surface area contributed by atoms with E-state index < -0.39 is 12.0 Å². The highest BCUT2D eigenvalue weighted by molar-refractivity contribution is 6.30. The molecule has 0 radical (unpaired) electrons. The number of carboxylic acids is 1. The molecule has 2 aromatic carbocycles. The standard InChI is InChI=1S/C20H22ClNO3/c1-13-7-14(2)9-16(8-13)11-19(23)22-18(12-20(24)25)10-15-3-5-17(21)6-4-15/h3-9,18H,10-12H2,1-2H3,(H,22,23)(H,24,25)/t18-/m0/s1. The summed E-state index contributed by atoms with van der Waals surface area (Å²) in [5.41, 5.74) is 4.06. The van der Waals surface area contributed by atoms with Crippen molar-refractivity contribution in [2.75, 3.05) is 0 Å². The molecule has 0 aliphatic heterocycles. The van der Waals surface area contributed by atoms with Crippen LogP contribution in [-0.4, -0.2) is 23.0 Å². The molecule has 0 saturated heterocycles. The van der Waals surface area contributed by atoms with E-state index in [1.165, 1.54) is 0 Å². The van der Waals surface area contributed by atoms with E-state index in [1.54, 1.807) is 12.1 Å². The first kappa shape index (κ1) is 19.0. The largest absolute Gasteiger partial charge is 0.481 e. The van der Waals surface area contributed by atoms with Crippen molar-refractivity contribution < 1.29 is 14.7 Å². The van der Waals surface area contributed by atoms with Gasteiger partial charge in [-0.25, -0.2) is 0 Å². The van der Waals surface area contributed by atoms with Gasteiger partial charge < -0.3 is 10.4 Å². The van der Waals surface area contributed by atoms with Gasteiger partial charge in [-0.05, 0) is 43.5 Å². The summed E-state index contributed by atoms with van der Waals surface area (Å²) in [4.78, 5) is 23.5. The van der Waals surface area contributed by atoms with Crippen LogP contribution in [0.15, 0.2) is 42.5 Å². The van der Waals surface area contributed by atoms with Gasteiger partial charge in [-0.2, -0.15) is 0 Å². The lowest BCUT2D eigenvalue weighted by molar-refractivity contribution is -0.137. The number of halogens is 1. The van der Waals surface area contributed by atoms with Crippen LogP contribution >= 0.6 is 11.6 Å². The van der Waals surface area contributed by atoms with Crippen LogP contribution in [0, 0.1) is 13.8 Å². The Bertz CT molecular complexity index is 736. The highest BCUT2D eigenvalue weighted by Crippen LogP contribution is 2.13. The Kier molecular flexibility index (Phi) is 6.59. The van der Waals surface area contributed by atoms with Gasteiger partial charge in [-0.3, -0.25) is 9.59 Å². The molecule has 0 spiro atoms. The minimum atomic E-state index is -0.939. The number of carboxylic acid groups (broad SMARTS) is 1. The average molecular weight is 360 g/mol. The van der Waals surface area contributed by atoms with Gasteiger partial charge in [0.05, 0.1) is 12.8 Å². The summed E-state index contributed by atoms with van der Waals surface area (Å²) in [5, 5.41) is 12.6. The van der Waals surface area contributed by atoms with Gasteiger partial charge in [-0.1, -0.05) is 53.1 Å². The van der Waals surface area contributed by atoms with Gasteiger partial charge in [-0.15, -0.1) is 0 Å². The number of carbonyl (C=O) groups is 2. The Balaban J connectivity index is 2.03. The normalized spacial score (nSPS) is 11.8. The van der Waals surface area contributed by atoms with Crippen molar-refractivity contribution in [3.8, 4) is 0 Å². The monoisotopic (exact) mass is 359 g/mol. The maximum Gasteiger partial charge on any atom is 0.305 e. The molecule has 4 nitrogen and oxygen atoms in total. The number of rotatable bonds is 7. The molecule has 0 unspecified atom stereocenters. The van der Waals surface area contributed by atoms with E-state index in [4.69, 9.17) is 16.7 Å². The van der Waals surface area contributed by atoms with E-state index in [0.717, 1.165) is 22.3 Å². The minimum absolute atomic E-state index is 0.124. The summed E-state index contributed by atoms with van der Waals surface area (Å²) >= 11 is 5.87. The Labute approximate surface area is 152 Å². The fraction of sp³-hybridized carbons (Fsp3) is 0.300. The maximum atomic E-state index is 12.3. The molecule has 0 saturated carbocycles. The molecule has 0 fully saturated rings. The quantitative estimate of drug-likeness (QED) is 0.792. The second-order valence-corrected chi connectivity index (χ2v) is 6.80. The second-order valence-electron chi connectivity index (χ2n) is 6.37. The average Bonchev–Trinajstić information content (AvgIpc) is 2.47. The molecule has 1 amide bonds. The topological polar surface area (TPSA) is 66.4 Å². The van der Waals surface area contributed by atoms with Crippen LogP contribution in [-0.2, 0) is 22.4 Å². The van der Waals surface area contributed by atoms with Crippen molar-refractivity contribution in [3.63, 3.8) is 0 Å². The van der Waals surface area contributed by atoms with E-state index in [1.807, 2.05) is 38.1 Å². The predicted octanol–water partition coefficient (Wildman–Crippen LogP) is 3.70. The molecular weight excluding hydrogens is 338 g/mol. The van der Waals surface area contributed by atoms with Gasteiger partial charge in [0.2, 0.25) is 5.91 Å². The fourth-order valence-corrected chi connectivity index (χ4v) is 3.05. The second kappa shape index (κ2) is 8.67. The number of amides is 1. The molecule has 0 bridgehead atoms. The molecule has 5 heteroatoms. The lowest BCUT2D eigenvalue weighted by atomic mass is 10.0. The highest BCUT2D eigenvalue weighted by atomic mass is 35.5. The van der Waals surface area contributed by atoms with Crippen LogP contribution < -0.4 is 5.32 Å². The summed E-state index contributed by atoms with van der Waals surface area (Å²) in [6, 6.07) is 12.7. The summed E-state index contributed by atoms with van der Waals surface area (Å²) in [5.74, 6) is -1.11. The van der Waals surface area contributed by atoms with Crippen molar-refractivity contribution in [1.29, 1.82) is 0 Å². The third-order valence-electron chi connectivity index (χ3n) is 3.83. The Morgan fingerprint density at radius 2 is 1.64 bits per heavy atom. The predicted molar refractivity (Wildman–Crippen MR) is 99.0 cm³/mol. The van der Waals surface area contributed by atoms with Crippen LogP contribution in [0.3, 0.4) is 0 Å². The van der Waals surface area contributed by atoms with Gasteiger partial charge >= 0.3 is 5.97 Å². The minimum Gasteiger partial charge on any atom is -0.481 e. The highest BCUT2D eigenvalue weighted by Gasteiger charge is 2.17. The van der Waals surface area contributed by atoms with Crippen molar-refractivity contribution in [2.45, 2.75) is 39.2 Å². The fourth-order valence-electron chi connectivity index (χ4n) is 2.93. The van der Waals surface area contributed by atoms with Crippen LogP contribution in [0.2, 0.25) is 5.02 Å². The lowest BCUT2D eigenvalue weighted by Crippen LogP contribution is -2.39. The van der Waals surface area contributed by atoms with E-state index in [2.05, 4.69) is 11.4 Å². The van der Waals surface area contributed by atoms with Gasteiger partial charge in [0.25, 0.3) is 0 Å². The first-order chi connectivity index (χ1) is 11.8. The van der Waals surface area contributed by atoms with Crippen LogP contribution in [0.4, 0.5) is 0 Å². The molecule has 132 valence electrons. The maximum absolute atomic E-state index is 12.3. The summed E-state index contributed by atoms with van der Waals surface area (Å²) < 4.78 is 0. The molecule has 1 atom stereocenters. The van der Waals surface area contributed by atoms with Crippen molar-refractivity contribution >= 4 is 23.5 Å². The molecule has 0 aromatic heterocycles. The first-order valence-electron chi connectivity index (χ1n) is 8.14. The lowest BCUT2D eigenvalue weighted by Gasteiger charge is -2.17. The van der Waals surface area contributed by atoms with Gasteiger partial charge in [0.1, 0.15) is 0 Å². The van der Waals surface area contributed by atoms with Crippen molar-refractivity contribution in [1.82, 2.24) is 5.32 Å². The van der Waals surface area contributed by atoms with Crippen molar-refractivity contribution in [3.05, 3.63) is 69.7 Å². The molecule has 2 rings (SSSR count). The Morgan fingerprint density at radius 1 is 1.04 bits per heavy atom. The summed E-state index contributed by atoms with van der Waals surface area (Å²) in [6.07, 6.45) is 0.558. The molecule has 2 aromatic rings. The molecule has 25 heavy (non-hydrogen) atoms. The molecule has 2 N–H and O–H groups in total.